The van der Waals surface area contributed by atoms with Gasteiger partial charge in [0.1, 0.15) is 13.2 Å². The topological polar surface area (TPSA) is 61.8 Å². The lowest BCUT2D eigenvalue weighted by Gasteiger charge is -2.06. The predicted molar refractivity (Wildman–Crippen MR) is 67.2 cm³/mol. The molecule has 0 aromatic carbocycles. The van der Waals surface area contributed by atoms with E-state index in [1.807, 2.05) is 13.8 Å². The van der Waals surface area contributed by atoms with Crippen molar-refractivity contribution in [2.24, 2.45) is 0 Å². The van der Waals surface area contributed by atoms with Gasteiger partial charge in [-0.05, 0) is 12.8 Å². The third-order valence-electron chi connectivity index (χ3n) is 2.17. The fourth-order valence-electron chi connectivity index (χ4n) is 1.20. The first-order chi connectivity index (χ1) is 8.70. The summed E-state index contributed by atoms with van der Waals surface area (Å²) < 4.78 is 15.0. The van der Waals surface area contributed by atoms with Gasteiger partial charge in [-0.3, -0.25) is 9.59 Å². The van der Waals surface area contributed by atoms with Gasteiger partial charge in [0.2, 0.25) is 0 Å². The summed E-state index contributed by atoms with van der Waals surface area (Å²) >= 11 is 0. The summed E-state index contributed by atoms with van der Waals surface area (Å²) in [6.45, 7) is 5.13. The molecule has 0 N–H and O–H groups in total. The van der Waals surface area contributed by atoms with E-state index < -0.39 is 0 Å². The van der Waals surface area contributed by atoms with Gasteiger partial charge < -0.3 is 14.2 Å². The number of hydrogen-bond acceptors (Lipinski definition) is 5. The van der Waals surface area contributed by atoms with Crippen LogP contribution >= 0.6 is 0 Å². The van der Waals surface area contributed by atoms with Crippen LogP contribution in [-0.4, -0.2) is 38.4 Å². The molecule has 0 bridgehead atoms. The highest BCUT2D eigenvalue weighted by atomic mass is 16.6. The zero-order valence-corrected chi connectivity index (χ0v) is 11.4. The minimum absolute atomic E-state index is 0.185. The highest BCUT2D eigenvalue weighted by Crippen LogP contribution is 1.96. The van der Waals surface area contributed by atoms with E-state index in [0.29, 0.717) is 26.1 Å². The summed E-state index contributed by atoms with van der Waals surface area (Å²) in [4.78, 5) is 22.1. The van der Waals surface area contributed by atoms with Crippen LogP contribution < -0.4 is 0 Å². The van der Waals surface area contributed by atoms with Gasteiger partial charge >= 0.3 is 11.9 Å². The Morgan fingerprint density at radius 1 is 0.778 bits per heavy atom. The summed E-state index contributed by atoms with van der Waals surface area (Å²) in [7, 11) is 0. The quantitative estimate of drug-likeness (QED) is 0.420. The summed E-state index contributed by atoms with van der Waals surface area (Å²) in [5.41, 5.74) is 0. The van der Waals surface area contributed by atoms with Gasteiger partial charge in [-0.15, -0.1) is 0 Å². The molecule has 0 heterocycles. The van der Waals surface area contributed by atoms with E-state index in [0.717, 1.165) is 19.3 Å². The lowest BCUT2D eigenvalue weighted by molar-refractivity contribution is -0.146. The number of carbonyl (C=O) groups excluding carboxylic acids is 2. The van der Waals surface area contributed by atoms with Gasteiger partial charge in [0.05, 0.1) is 13.2 Å². The Kier molecular flexibility index (Phi) is 11.6. The third kappa shape index (κ3) is 11.4. The molecule has 18 heavy (non-hydrogen) atoms. The van der Waals surface area contributed by atoms with Gasteiger partial charge in [0.15, 0.2) is 0 Å². The van der Waals surface area contributed by atoms with Crippen molar-refractivity contribution in [3.8, 4) is 0 Å². The maximum Gasteiger partial charge on any atom is 0.305 e. The highest BCUT2D eigenvalue weighted by Gasteiger charge is 2.02. The molecule has 0 rings (SSSR count). The van der Waals surface area contributed by atoms with Gasteiger partial charge in [0.25, 0.3) is 0 Å². The molecular weight excluding hydrogens is 236 g/mol. The van der Waals surface area contributed by atoms with E-state index in [1.165, 1.54) is 0 Å². The number of ether oxygens (including phenoxy) is 3. The normalized spacial score (nSPS) is 10.1. The molecule has 0 aliphatic carbocycles. The summed E-state index contributed by atoms with van der Waals surface area (Å²) in [5, 5.41) is 0. The van der Waals surface area contributed by atoms with E-state index >= 15 is 0 Å². The molecule has 0 aromatic heterocycles. The van der Waals surface area contributed by atoms with Crippen molar-refractivity contribution < 1.29 is 23.8 Å². The van der Waals surface area contributed by atoms with Gasteiger partial charge in [-0.1, -0.05) is 20.3 Å². The first-order valence-corrected chi connectivity index (χ1v) is 6.59. The minimum Gasteiger partial charge on any atom is -0.463 e. The Morgan fingerprint density at radius 2 is 1.33 bits per heavy atom. The number of unbranched alkanes of at least 4 members (excludes halogenated alkanes) is 1. The van der Waals surface area contributed by atoms with Crippen LogP contribution in [0, 0.1) is 0 Å². The van der Waals surface area contributed by atoms with E-state index in [1.54, 1.807) is 0 Å². The monoisotopic (exact) mass is 260 g/mol. The Morgan fingerprint density at radius 3 is 1.83 bits per heavy atom. The van der Waals surface area contributed by atoms with E-state index in [9.17, 15) is 9.59 Å². The Balaban J connectivity index is 3.20. The second-order valence-electron chi connectivity index (χ2n) is 3.91. The van der Waals surface area contributed by atoms with Crippen molar-refractivity contribution >= 4 is 11.9 Å². The SMILES string of the molecule is CCCCC(=O)OCCOCCOC(=O)CCC. The van der Waals surface area contributed by atoms with Crippen LogP contribution in [0.4, 0.5) is 0 Å². The van der Waals surface area contributed by atoms with E-state index in [-0.39, 0.29) is 25.2 Å². The van der Waals surface area contributed by atoms with Crippen LogP contribution in [0.1, 0.15) is 46.0 Å². The van der Waals surface area contributed by atoms with Crippen LogP contribution in [0.2, 0.25) is 0 Å². The molecule has 0 radical (unpaired) electrons. The fourth-order valence-corrected chi connectivity index (χ4v) is 1.20. The van der Waals surface area contributed by atoms with Crippen LogP contribution in [0.3, 0.4) is 0 Å². The molecule has 106 valence electrons. The Bertz CT molecular complexity index is 227. The van der Waals surface area contributed by atoms with Crippen molar-refractivity contribution in [1.29, 1.82) is 0 Å². The smallest absolute Gasteiger partial charge is 0.305 e. The molecule has 0 aromatic rings. The molecule has 0 fully saturated rings. The van der Waals surface area contributed by atoms with Crippen LogP contribution in [0.15, 0.2) is 0 Å². The van der Waals surface area contributed by atoms with Crippen molar-refractivity contribution in [2.75, 3.05) is 26.4 Å². The molecule has 0 saturated carbocycles. The molecule has 0 spiro atoms. The molecule has 0 aliphatic heterocycles. The molecule has 0 saturated heterocycles. The van der Waals surface area contributed by atoms with Crippen molar-refractivity contribution in [1.82, 2.24) is 0 Å². The van der Waals surface area contributed by atoms with Gasteiger partial charge in [-0.2, -0.15) is 0 Å². The fraction of sp³-hybridized carbons (Fsp3) is 0.846. The zero-order chi connectivity index (χ0) is 13.6. The molecule has 5 nitrogen and oxygen atoms in total. The average molecular weight is 260 g/mol. The predicted octanol–water partition coefficient (Wildman–Crippen LogP) is 2.08. The van der Waals surface area contributed by atoms with Crippen LogP contribution in [-0.2, 0) is 23.8 Å². The minimum atomic E-state index is -0.202. The maximum absolute atomic E-state index is 11.1. The van der Waals surface area contributed by atoms with Crippen molar-refractivity contribution in [3.63, 3.8) is 0 Å². The summed E-state index contributed by atoms with van der Waals surface area (Å²) in [6, 6.07) is 0. The second-order valence-corrected chi connectivity index (χ2v) is 3.91. The number of esters is 2. The summed E-state index contributed by atoms with van der Waals surface area (Å²) in [5.74, 6) is -0.387. The van der Waals surface area contributed by atoms with Crippen LogP contribution in [0.5, 0.6) is 0 Å². The first-order valence-electron chi connectivity index (χ1n) is 6.59. The maximum atomic E-state index is 11.1. The third-order valence-corrected chi connectivity index (χ3v) is 2.17. The van der Waals surface area contributed by atoms with Crippen LogP contribution in [0.25, 0.3) is 0 Å². The average Bonchev–Trinajstić information content (AvgIpc) is 2.35. The van der Waals surface area contributed by atoms with Gasteiger partial charge in [-0.25, -0.2) is 0 Å². The molecule has 5 heteroatoms. The van der Waals surface area contributed by atoms with Crippen molar-refractivity contribution in [2.45, 2.75) is 46.0 Å². The van der Waals surface area contributed by atoms with Crippen molar-refractivity contribution in [3.05, 3.63) is 0 Å². The molecule has 0 amide bonds. The standard InChI is InChI=1S/C13H24O5/c1-3-5-7-13(15)18-11-9-16-8-10-17-12(14)6-4-2/h3-11H2,1-2H3. The number of rotatable bonds is 11. The molecular formula is C13H24O5. The largest absolute Gasteiger partial charge is 0.463 e. The molecule has 0 atom stereocenters. The number of hydrogen-bond donors (Lipinski definition) is 0. The van der Waals surface area contributed by atoms with E-state index in [4.69, 9.17) is 14.2 Å². The highest BCUT2D eigenvalue weighted by molar-refractivity contribution is 5.69. The Hall–Kier alpha value is -1.10. The number of carbonyl (C=O) groups is 2. The van der Waals surface area contributed by atoms with Gasteiger partial charge in [0, 0.05) is 12.8 Å². The summed E-state index contributed by atoms with van der Waals surface area (Å²) in [6.07, 6.45) is 3.52. The molecule has 0 aliphatic rings. The molecule has 0 unspecified atom stereocenters. The lowest BCUT2D eigenvalue weighted by Crippen LogP contribution is -2.14. The lowest BCUT2D eigenvalue weighted by atomic mass is 10.2. The first kappa shape index (κ1) is 16.9. The Labute approximate surface area is 109 Å². The second kappa shape index (κ2) is 12.4. The van der Waals surface area contributed by atoms with E-state index in [2.05, 4.69) is 0 Å². The zero-order valence-electron chi connectivity index (χ0n) is 11.4.